The molecule has 4 rings (SSSR count). The second-order valence-corrected chi connectivity index (χ2v) is 8.99. The van der Waals surface area contributed by atoms with Crippen molar-refractivity contribution < 1.29 is 28.5 Å². The molecule has 0 saturated carbocycles. The molecule has 0 N–H and O–H groups in total. The molecule has 0 unspecified atom stereocenters. The zero-order valence-corrected chi connectivity index (χ0v) is 21.5. The lowest BCUT2D eigenvalue weighted by Crippen LogP contribution is -2.52. The number of piperazine rings is 1. The number of carbonyl (C=O) groups is 2. The van der Waals surface area contributed by atoms with E-state index in [9.17, 15) is 9.59 Å². The zero-order chi connectivity index (χ0) is 25.7. The van der Waals surface area contributed by atoms with Crippen LogP contribution in [0.3, 0.4) is 0 Å². The Morgan fingerprint density at radius 3 is 1.81 bits per heavy atom. The molecule has 2 fully saturated rings. The number of anilines is 1. The summed E-state index contributed by atoms with van der Waals surface area (Å²) in [5.41, 5.74) is 1.62. The molecule has 2 aliphatic heterocycles. The lowest BCUT2D eigenvalue weighted by atomic mass is 9.94. The first-order valence-corrected chi connectivity index (χ1v) is 12.3. The van der Waals surface area contributed by atoms with Crippen LogP contribution in [-0.2, 0) is 4.79 Å². The monoisotopic (exact) mass is 497 g/mol. The number of methoxy groups -OCH3 is 4. The van der Waals surface area contributed by atoms with Crippen LogP contribution in [0.5, 0.6) is 23.0 Å². The highest BCUT2D eigenvalue weighted by atomic mass is 16.5. The van der Waals surface area contributed by atoms with Crippen LogP contribution in [0.2, 0.25) is 0 Å². The minimum absolute atomic E-state index is 0.0541. The summed E-state index contributed by atoms with van der Waals surface area (Å²) < 4.78 is 21.4. The fourth-order valence-electron chi connectivity index (χ4n) is 4.95. The van der Waals surface area contributed by atoms with Crippen molar-refractivity contribution in [1.82, 2.24) is 9.80 Å². The molecule has 0 bridgehead atoms. The van der Waals surface area contributed by atoms with Crippen molar-refractivity contribution in [2.45, 2.75) is 12.8 Å². The molecule has 2 amide bonds. The highest BCUT2D eigenvalue weighted by Gasteiger charge is 2.32. The highest BCUT2D eigenvalue weighted by molar-refractivity contribution is 5.96. The predicted molar refractivity (Wildman–Crippen MR) is 137 cm³/mol. The molecule has 36 heavy (non-hydrogen) atoms. The number of nitrogens with zero attached hydrogens (tertiary/aromatic N) is 3. The number of hydrogen-bond donors (Lipinski definition) is 0. The van der Waals surface area contributed by atoms with E-state index in [1.165, 1.54) is 21.3 Å². The SMILES string of the molecule is COc1ccc(N2CCN(C(=O)C3CCN(C(=O)c4cc(OC)c(OC)c(OC)c4)CC3)CC2)cc1. The molecule has 2 aromatic rings. The summed E-state index contributed by atoms with van der Waals surface area (Å²) >= 11 is 0. The maximum Gasteiger partial charge on any atom is 0.254 e. The number of likely N-dealkylation sites (tertiary alicyclic amines) is 1. The Kier molecular flexibility index (Phi) is 8.07. The average Bonchev–Trinajstić information content (AvgIpc) is 2.95. The van der Waals surface area contributed by atoms with E-state index >= 15 is 0 Å². The maximum absolute atomic E-state index is 13.2. The van der Waals surface area contributed by atoms with E-state index in [0.717, 1.165) is 24.5 Å². The van der Waals surface area contributed by atoms with Crippen molar-refractivity contribution >= 4 is 17.5 Å². The molecule has 9 heteroatoms. The van der Waals surface area contributed by atoms with E-state index in [4.69, 9.17) is 18.9 Å². The first-order valence-electron chi connectivity index (χ1n) is 12.3. The maximum atomic E-state index is 13.2. The first-order chi connectivity index (χ1) is 17.5. The summed E-state index contributed by atoms with van der Waals surface area (Å²) in [6.07, 6.45) is 1.32. The molecule has 0 aromatic heterocycles. The van der Waals surface area contributed by atoms with Gasteiger partial charge in [-0.2, -0.15) is 0 Å². The van der Waals surface area contributed by atoms with Gasteiger partial charge >= 0.3 is 0 Å². The van der Waals surface area contributed by atoms with Gasteiger partial charge in [0.25, 0.3) is 5.91 Å². The molecule has 2 heterocycles. The van der Waals surface area contributed by atoms with Crippen molar-refractivity contribution in [2.75, 3.05) is 72.6 Å². The van der Waals surface area contributed by atoms with E-state index in [1.807, 2.05) is 17.0 Å². The van der Waals surface area contributed by atoms with Crippen LogP contribution in [0, 0.1) is 5.92 Å². The van der Waals surface area contributed by atoms with Gasteiger partial charge in [0.05, 0.1) is 28.4 Å². The van der Waals surface area contributed by atoms with E-state index in [2.05, 4.69) is 17.0 Å². The highest BCUT2D eigenvalue weighted by Crippen LogP contribution is 2.38. The van der Waals surface area contributed by atoms with Crippen LogP contribution in [0.15, 0.2) is 36.4 Å². The van der Waals surface area contributed by atoms with Gasteiger partial charge in [-0.3, -0.25) is 9.59 Å². The summed E-state index contributed by atoms with van der Waals surface area (Å²) in [6, 6.07) is 11.4. The van der Waals surface area contributed by atoms with Gasteiger partial charge in [-0.05, 0) is 49.2 Å². The second kappa shape index (κ2) is 11.4. The fraction of sp³-hybridized carbons (Fsp3) is 0.481. The number of rotatable bonds is 7. The van der Waals surface area contributed by atoms with Crippen LogP contribution in [0.4, 0.5) is 5.69 Å². The number of carbonyl (C=O) groups excluding carboxylic acids is 2. The van der Waals surface area contributed by atoms with E-state index < -0.39 is 0 Å². The number of piperidine rings is 1. The Labute approximate surface area is 212 Å². The second-order valence-electron chi connectivity index (χ2n) is 8.99. The first kappa shape index (κ1) is 25.5. The summed E-state index contributed by atoms with van der Waals surface area (Å²) in [6.45, 7) is 4.09. The number of hydrogen-bond acceptors (Lipinski definition) is 7. The van der Waals surface area contributed by atoms with E-state index in [-0.39, 0.29) is 17.7 Å². The normalized spacial score (nSPS) is 16.5. The molecule has 2 saturated heterocycles. The minimum Gasteiger partial charge on any atom is -0.497 e. The van der Waals surface area contributed by atoms with Gasteiger partial charge in [0.1, 0.15) is 5.75 Å². The topological polar surface area (TPSA) is 80.8 Å². The van der Waals surface area contributed by atoms with E-state index in [0.29, 0.717) is 61.8 Å². The van der Waals surface area contributed by atoms with Gasteiger partial charge < -0.3 is 33.6 Å². The van der Waals surface area contributed by atoms with Crippen LogP contribution in [0.25, 0.3) is 0 Å². The Hall–Kier alpha value is -3.62. The van der Waals surface area contributed by atoms with Crippen molar-refractivity contribution in [3.63, 3.8) is 0 Å². The smallest absolute Gasteiger partial charge is 0.254 e. The third-order valence-corrected chi connectivity index (χ3v) is 7.07. The molecule has 0 atom stereocenters. The molecule has 0 spiro atoms. The molecular formula is C27H35N3O6. The van der Waals surface area contributed by atoms with Crippen molar-refractivity contribution in [1.29, 1.82) is 0 Å². The van der Waals surface area contributed by atoms with Gasteiger partial charge in [-0.1, -0.05) is 0 Å². The Balaban J connectivity index is 1.31. The lowest BCUT2D eigenvalue weighted by Gasteiger charge is -2.39. The third kappa shape index (κ3) is 5.29. The quantitative estimate of drug-likeness (QED) is 0.582. The van der Waals surface area contributed by atoms with Crippen LogP contribution >= 0.6 is 0 Å². The summed E-state index contributed by atoms with van der Waals surface area (Å²) in [5.74, 6) is 2.22. The third-order valence-electron chi connectivity index (χ3n) is 7.07. The lowest BCUT2D eigenvalue weighted by molar-refractivity contribution is -0.137. The van der Waals surface area contributed by atoms with Crippen LogP contribution in [-0.4, -0.2) is 89.3 Å². The van der Waals surface area contributed by atoms with Gasteiger partial charge in [0, 0.05) is 56.4 Å². The summed E-state index contributed by atoms with van der Waals surface area (Å²) in [5, 5.41) is 0. The average molecular weight is 498 g/mol. The minimum atomic E-state index is -0.103. The molecule has 194 valence electrons. The van der Waals surface area contributed by atoms with Gasteiger partial charge in [0.15, 0.2) is 11.5 Å². The van der Waals surface area contributed by atoms with Crippen LogP contribution in [0.1, 0.15) is 23.2 Å². The van der Waals surface area contributed by atoms with Crippen LogP contribution < -0.4 is 23.8 Å². The molecule has 0 radical (unpaired) electrons. The Morgan fingerprint density at radius 1 is 0.722 bits per heavy atom. The molecular weight excluding hydrogens is 462 g/mol. The number of amides is 2. The molecule has 2 aliphatic rings. The van der Waals surface area contributed by atoms with Crippen molar-refractivity contribution in [2.24, 2.45) is 5.92 Å². The Bertz CT molecular complexity index is 1030. The van der Waals surface area contributed by atoms with Gasteiger partial charge in [0.2, 0.25) is 11.7 Å². The molecule has 0 aliphatic carbocycles. The Morgan fingerprint density at radius 2 is 1.31 bits per heavy atom. The largest absolute Gasteiger partial charge is 0.497 e. The van der Waals surface area contributed by atoms with Crippen molar-refractivity contribution in [3.05, 3.63) is 42.0 Å². The summed E-state index contributed by atoms with van der Waals surface area (Å²) in [7, 11) is 6.24. The van der Waals surface area contributed by atoms with Gasteiger partial charge in [-0.15, -0.1) is 0 Å². The fourth-order valence-corrected chi connectivity index (χ4v) is 4.95. The molecule has 9 nitrogen and oxygen atoms in total. The van der Waals surface area contributed by atoms with Crippen molar-refractivity contribution in [3.8, 4) is 23.0 Å². The number of ether oxygens (including phenoxy) is 4. The standard InChI is InChI=1S/C27H35N3O6/c1-33-22-7-5-21(6-8-22)28-13-15-30(16-14-28)26(31)19-9-11-29(12-10-19)27(32)20-17-23(34-2)25(36-4)24(18-20)35-3/h5-8,17-19H,9-16H2,1-4H3. The number of benzene rings is 2. The van der Waals surface area contributed by atoms with E-state index in [1.54, 1.807) is 24.1 Å². The van der Waals surface area contributed by atoms with Gasteiger partial charge in [-0.25, -0.2) is 0 Å². The molecule has 2 aromatic carbocycles. The predicted octanol–water partition coefficient (Wildman–Crippen LogP) is 2.92. The summed E-state index contributed by atoms with van der Waals surface area (Å²) in [4.78, 5) is 32.5. The zero-order valence-electron chi connectivity index (χ0n) is 21.5.